The largest absolute Gasteiger partial charge is 0.455 e. The highest BCUT2D eigenvalue weighted by Gasteiger charge is 2.23. The Labute approximate surface area is 360 Å². The molecule has 0 atom stereocenters. The maximum Gasteiger partial charge on any atom is 0.143 e. The third-order valence-corrected chi connectivity index (χ3v) is 12.4. The van der Waals surface area contributed by atoms with Crippen LogP contribution in [0.3, 0.4) is 0 Å². The predicted octanol–water partition coefficient (Wildman–Crippen LogP) is 17.2. The zero-order valence-electron chi connectivity index (χ0n) is 33.9. The number of furan rings is 1. The highest BCUT2D eigenvalue weighted by Crippen LogP contribution is 2.48. The van der Waals surface area contributed by atoms with E-state index in [0.29, 0.717) is 0 Å². The molecule has 1 heterocycles. The van der Waals surface area contributed by atoms with E-state index in [0.717, 1.165) is 55.5 Å². The van der Waals surface area contributed by atoms with Gasteiger partial charge in [0.2, 0.25) is 0 Å². The molecule has 0 aliphatic rings. The number of nitrogens with zero attached hydrogens (tertiary/aromatic N) is 1. The van der Waals surface area contributed by atoms with E-state index in [2.05, 4.69) is 241 Å². The number of fused-ring (bicyclic) bond motifs is 8. The van der Waals surface area contributed by atoms with E-state index in [1.54, 1.807) is 0 Å². The van der Waals surface area contributed by atoms with Crippen molar-refractivity contribution in [2.45, 2.75) is 0 Å². The van der Waals surface area contributed by atoms with Crippen molar-refractivity contribution in [2.75, 3.05) is 4.90 Å². The lowest BCUT2D eigenvalue weighted by atomic mass is 9.93. The summed E-state index contributed by atoms with van der Waals surface area (Å²) in [5.74, 6) is 0. The van der Waals surface area contributed by atoms with Crippen LogP contribution in [0, 0.1) is 0 Å². The zero-order chi connectivity index (χ0) is 41.0. The van der Waals surface area contributed by atoms with E-state index in [4.69, 9.17) is 4.42 Å². The Hall–Kier alpha value is -8.20. The van der Waals surface area contributed by atoms with Gasteiger partial charge in [-0.3, -0.25) is 0 Å². The van der Waals surface area contributed by atoms with Crippen LogP contribution in [0.1, 0.15) is 0 Å². The molecule has 0 amide bonds. The minimum atomic E-state index is 0.848. The summed E-state index contributed by atoms with van der Waals surface area (Å²) in [6.45, 7) is 0. The predicted molar refractivity (Wildman–Crippen MR) is 263 cm³/mol. The molecule has 0 aliphatic heterocycles. The second-order valence-electron chi connectivity index (χ2n) is 16.0. The molecule has 12 aromatic rings. The first-order valence-corrected chi connectivity index (χ1v) is 21.2. The van der Waals surface area contributed by atoms with Crippen LogP contribution < -0.4 is 4.90 Å². The molecule has 0 spiro atoms. The smallest absolute Gasteiger partial charge is 0.143 e. The molecule has 0 bridgehead atoms. The molecule has 1 aromatic heterocycles. The average Bonchev–Trinajstić information content (AvgIpc) is 3.76. The summed E-state index contributed by atoms with van der Waals surface area (Å²) in [6.07, 6.45) is 0. The Kier molecular flexibility index (Phi) is 8.53. The van der Waals surface area contributed by atoms with Gasteiger partial charge in [0.25, 0.3) is 0 Å². The molecule has 11 aromatic carbocycles. The average molecular weight is 790 g/mol. The highest BCUT2D eigenvalue weighted by atomic mass is 16.3. The second-order valence-corrected chi connectivity index (χ2v) is 16.0. The molecular weight excluding hydrogens is 751 g/mol. The van der Waals surface area contributed by atoms with E-state index in [9.17, 15) is 0 Å². The fourth-order valence-electron chi connectivity index (χ4n) is 9.47. The van der Waals surface area contributed by atoms with Crippen molar-refractivity contribution in [3.8, 4) is 44.5 Å². The van der Waals surface area contributed by atoms with Gasteiger partial charge in [-0.1, -0.05) is 188 Å². The SMILES string of the molecule is c1ccc(-c2ccc(-c3cc4ccccc4c4c3oc3cccc(N(c5ccc(-c6ccccc6)cc5)c5ccc(-c6cc7ccccc7c7ccccc67)cc5)c34)cc2)cc1. The summed E-state index contributed by atoms with van der Waals surface area (Å²) in [5, 5.41) is 9.55. The minimum absolute atomic E-state index is 0.848. The van der Waals surface area contributed by atoms with Crippen molar-refractivity contribution >= 4 is 71.3 Å². The van der Waals surface area contributed by atoms with Gasteiger partial charge in [-0.25, -0.2) is 0 Å². The number of hydrogen-bond donors (Lipinski definition) is 0. The first-order valence-electron chi connectivity index (χ1n) is 21.2. The van der Waals surface area contributed by atoms with E-state index >= 15 is 0 Å². The molecule has 2 nitrogen and oxygen atoms in total. The lowest BCUT2D eigenvalue weighted by Gasteiger charge is -2.27. The summed E-state index contributed by atoms with van der Waals surface area (Å²) >= 11 is 0. The zero-order valence-corrected chi connectivity index (χ0v) is 33.9. The van der Waals surface area contributed by atoms with E-state index in [-0.39, 0.29) is 0 Å². The van der Waals surface area contributed by atoms with Crippen LogP contribution in [-0.2, 0) is 0 Å². The van der Waals surface area contributed by atoms with Gasteiger partial charge in [0.15, 0.2) is 0 Å². The topological polar surface area (TPSA) is 16.4 Å². The van der Waals surface area contributed by atoms with E-state index < -0.39 is 0 Å². The fourth-order valence-corrected chi connectivity index (χ4v) is 9.47. The maximum atomic E-state index is 7.03. The summed E-state index contributed by atoms with van der Waals surface area (Å²) in [4.78, 5) is 2.39. The van der Waals surface area contributed by atoms with Crippen molar-refractivity contribution in [2.24, 2.45) is 0 Å². The molecule has 290 valence electrons. The van der Waals surface area contributed by atoms with Crippen molar-refractivity contribution in [3.05, 3.63) is 237 Å². The Morgan fingerprint density at radius 2 is 0.742 bits per heavy atom. The quantitative estimate of drug-likeness (QED) is 0.150. The van der Waals surface area contributed by atoms with Crippen LogP contribution >= 0.6 is 0 Å². The summed E-state index contributed by atoms with van der Waals surface area (Å²) < 4.78 is 7.03. The van der Waals surface area contributed by atoms with Crippen molar-refractivity contribution < 1.29 is 4.42 Å². The lowest BCUT2D eigenvalue weighted by molar-refractivity contribution is 0.670. The number of anilines is 3. The number of hydrogen-bond acceptors (Lipinski definition) is 2. The molecule has 0 fully saturated rings. The number of rotatable bonds is 7. The molecule has 0 radical (unpaired) electrons. The Balaban J connectivity index is 1.06. The van der Waals surface area contributed by atoms with Gasteiger partial charge in [0, 0.05) is 22.3 Å². The van der Waals surface area contributed by atoms with Crippen LogP contribution in [0.2, 0.25) is 0 Å². The van der Waals surface area contributed by atoms with Crippen LogP contribution in [0.4, 0.5) is 17.1 Å². The van der Waals surface area contributed by atoms with Gasteiger partial charge in [0.05, 0.1) is 11.1 Å². The minimum Gasteiger partial charge on any atom is -0.455 e. The third kappa shape index (κ3) is 6.04. The van der Waals surface area contributed by atoms with E-state index in [1.165, 1.54) is 60.3 Å². The molecule has 12 rings (SSSR count). The van der Waals surface area contributed by atoms with Crippen LogP contribution in [0.25, 0.3) is 98.8 Å². The fraction of sp³-hybridized carbons (Fsp3) is 0. The first-order chi connectivity index (χ1) is 30.7. The van der Waals surface area contributed by atoms with Crippen molar-refractivity contribution in [3.63, 3.8) is 0 Å². The molecular formula is C60H39NO. The van der Waals surface area contributed by atoms with Crippen LogP contribution in [0.15, 0.2) is 241 Å². The van der Waals surface area contributed by atoms with Crippen molar-refractivity contribution in [1.29, 1.82) is 0 Å². The Morgan fingerprint density at radius 1 is 0.290 bits per heavy atom. The maximum absolute atomic E-state index is 7.03. The molecule has 0 saturated carbocycles. The van der Waals surface area contributed by atoms with Gasteiger partial charge in [0.1, 0.15) is 11.2 Å². The first kappa shape index (κ1) is 35.7. The van der Waals surface area contributed by atoms with Gasteiger partial charge in [-0.15, -0.1) is 0 Å². The molecule has 0 unspecified atom stereocenters. The van der Waals surface area contributed by atoms with Crippen LogP contribution in [-0.4, -0.2) is 0 Å². The monoisotopic (exact) mass is 789 g/mol. The van der Waals surface area contributed by atoms with Gasteiger partial charge in [-0.05, 0) is 120 Å². The molecule has 0 saturated heterocycles. The summed E-state index contributed by atoms with van der Waals surface area (Å²) in [7, 11) is 0. The third-order valence-electron chi connectivity index (χ3n) is 12.4. The van der Waals surface area contributed by atoms with Crippen molar-refractivity contribution in [1.82, 2.24) is 0 Å². The standard InChI is InChI=1S/C60H39NO/c1-3-14-40(15-4-1)42-26-28-45(29-27-42)55-39-47-19-8-10-21-51(47)58-59-56(24-13-25-57(59)62-60(55)58)61(48-34-30-43(31-35-48)41-16-5-2-6-17-41)49-36-32-44(33-37-49)54-38-46-18-7-9-20-50(46)52-22-11-12-23-53(52)54/h1-39H. The Bertz CT molecular complexity index is 3590. The summed E-state index contributed by atoms with van der Waals surface area (Å²) in [6, 6.07) is 85.3. The van der Waals surface area contributed by atoms with Gasteiger partial charge >= 0.3 is 0 Å². The molecule has 62 heavy (non-hydrogen) atoms. The van der Waals surface area contributed by atoms with Gasteiger partial charge in [-0.2, -0.15) is 0 Å². The van der Waals surface area contributed by atoms with E-state index in [1.807, 2.05) is 0 Å². The second kappa shape index (κ2) is 14.8. The molecule has 0 N–H and O–H groups in total. The Morgan fingerprint density at radius 3 is 1.39 bits per heavy atom. The molecule has 0 aliphatic carbocycles. The molecule has 2 heteroatoms. The highest BCUT2D eigenvalue weighted by molar-refractivity contribution is 6.26. The number of benzene rings is 11. The summed E-state index contributed by atoms with van der Waals surface area (Å²) in [5.41, 5.74) is 14.3. The lowest BCUT2D eigenvalue weighted by Crippen LogP contribution is -2.10. The van der Waals surface area contributed by atoms with Gasteiger partial charge < -0.3 is 9.32 Å². The van der Waals surface area contributed by atoms with Crippen LogP contribution in [0.5, 0.6) is 0 Å². The normalized spacial score (nSPS) is 11.5.